The Morgan fingerprint density at radius 1 is 1.22 bits per heavy atom. The summed E-state index contributed by atoms with van der Waals surface area (Å²) in [7, 11) is 0. The van der Waals surface area contributed by atoms with Crippen LogP contribution in [0.25, 0.3) is 0 Å². The number of carboxylic acids is 1. The van der Waals surface area contributed by atoms with Gasteiger partial charge in [0.15, 0.2) is 0 Å². The third-order valence-corrected chi connectivity index (χ3v) is 3.73. The predicted molar refractivity (Wildman–Crippen MR) is 59.0 cm³/mol. The maximum Gasteiger partial charge on any atom is 0.453 e. The molecule has 0 bridgehead atoms. The van der Waals surface area contributed by atoms with E-state index < -0.39 is 29.7 Å². The smallest absolute Gasteiger partial charge is 0.453 e. The van der Waals surface area contributed by atoms with Crippen LogP contribution in [0.4, 0.5) is 22.0 Å². The van der Waals surface area contributed by atoms with Crippen molar-refractivity contribution in [3.05, 3.63) is 0 Å². The summed E-state index contributed by atoms with van der Waals surface area (Å²) in [6, 6.07) is 0. The zero-order valence-corrected chi connectivity index (χ0v) is 10.6. The van der Waals surface area contributed by atoms with Gasteiger partial charge in [-0.15, -0.1) is 11.8 Å². The standard InChI is InChI=1S/C10H15F5O2S/c1-2-7(8(16)17)18-6-4-3-5-9(11,12)10(13,14)15/h7H,2-6H2,1H3,(H,16,17). The highest BCUT2D eigenvalue weighted by Gasteiger charge is 2.56. The molecule has 0 amide bonds. The van der Waals surface area contributed by atoms with Gasteiger partial charge in [-0.1, -0.05) is 6.92 Å². The van der Waals surface area contributed by atoms with E-state index in [-0.39, 0.29) is 18.6 Å². The quantitative estimate of drug-likeness (QED) is 0.544. The van der Waals surface area contributed by atoms with E-state index in [0.29, 0.717) is 6.42 Å². The minimum absolute atomic E-state index is 0.139. The van der Waals surface area contributed by atoms with Gasteiger partial charge >= 0.3 is 18.1 Å². The summed E-state index contributed by atoms with van der Waals surface area (Å²) in [5.41, 5.74) is 0. The molecule has 0 saturated heterocycles. The second-order valence-corrected chi connectivity index (χ2v) is 5.08. The van der Waals surface area contributed by atoms with Gasteiger partial charge in [0, 0.05) is 6.42 Å². The fourth-order valence-corrected chi connectivity index (χ4v) is 2.21. The van der Waals surface area contributed by atoms with Crippen molar-refractivity contribution in [3.8, 4) is 0 Å². The van der Waals surface area contributed by atoms with Gasteiger partial charge in [-0.25, -0.2) is 0 Å². The van der Waals surface area contributed by atoms with Crippen LogP contribution in [0.15, 0.2) is 0 Å². The molecule has 0 heterocycles. The molecule has 0 rings (SSSR count). The summed E-state index contributed by atoms with van der Waals surface area (Å²) in [4.78, 5) is 10.6. The summed E-state index contributed by atoms with van der Waals surface area (Å²) in [5.74, 6) is -5.39. The van der Waals surface area contributed by atoms with E-state index >= 15 is 0 Å². The van der Waals surface area contributed by atoms with Gasteiger partial charge < -0.3 is 5.11 Å². The molecular weight excluding hydrogens is 279 g/mol. The van der Waals surface area contributed by atoms with Crippen LogP contribution in [-0.4, -0.2) is 34.2 Å². The van der Waals surface area contributed by atoms with E-state index in [9.17, 15) is 26.7 Å². The molecule has 0 aliphatic carbocycles. The molecule has 1 unspecified atom stereocenters. The molecule has 0 spiro atoms. The first-order valence-corrected chi connectivity index (χ1v) is 6.45. The highest BCUT2D eigenvalue weighted by atomic mass is 32.2. The molecule has 0 aromatic carbocycles. The summed E-state index contributed by atoms with van der Waals surface area (Å²) >= 11 is 1.06. The number of alkyl halides is 5. The van der Waals surface area contributed by atoms with E-state index in [1.54, 1.807) is 6.92 Å². The highest BCUT2D eigenvalue weighted by molar-refractivity contribution is 8.00. The number of aliphatic carboxylic acids is 1. The summed E-state index contributed by atoms with van der Waals surface area (Å²) in [5, 5.41) is 8.04. The van der Waals surface area contributed by atoms with E-state index in [4.69, 9.17) is 5.11 Å². The van der Waals surface area contributed by atoms with Gasteiger partial charge in [0.25, 0.3) is 0 Å². The van der Waals surface area contributed by atoms with Gasteiger partial charge in [-0.05, 0) is 25.0 Å². The van der Waals surface area contributed by atoms with Gasteiger partial charge in [0.1, 0.15) is 5.25 Å². The first kappa shape index (κ1) is 17.5. The molecular formula is C10H15F5O2S. The van der Waals surface area contributed by atoms with E-state index in [1.807, 2.05) is 0 Å². The molecule has 1 atom stereocenters. The fraction of sp³-hybridized carbons (Fsp3) is 0.900. The van der Waals surface area contributed by atoms with Crippen molar-refractivity contribution in [1.82, 2.24) is 0 Å². The van der Waals surface area contributed by atoms with Crippen molar-refractivity contribution in [2.75, 3.05) is 5.75 Å². The van der Waals surface area contributed by atoms with Crippen molar-refractivity contribution in [1.29, 1.82) is 0 Å². The van der Waals surface area contributed by atoms with Crippen LogP contribution >= 0.6 is 11.8 Å². The molecule has 0 saturated carbocycles. The number of carboxylic acid groups (broad SMARTS) is 1. The van der Waals surface area contributed by atoms with Crippen molar-refractivity contribution in [3.63, 3.8) is 0 Å². The lowest BCUT2D eigenvalue weighted by molar-refractivity contribution is -0.284. The van der Waals surface area contributed by atoms with Crippen molar-refractivity contribution in [2.45, 2.75) is 50.0 Å². The Balaban J connectivity index is 3.85. The molecule has 18 heavy (non-hydrogen) atoms. The lowest BCUT2D eigenvalue weighted by Crippen LogP contribution is -2.36. The third kappa shape index (κ3) is 5.88. The second kappa shape index (κ2) is 7.16. The normalized spacial score (nSPS) is 14.6. The molecule has 0 aliphatic heterocycles. The average Bonchev–Trinajstić information content (AvgIpc) is 2.20. The molecule has 0 aromatic heterocycles. The zero-order chi connectivity index (χ0) is 14.4. The first-order chi connectivity index (χ1) is 8.12. The fourth-order valence-electron chi connectivity index (χ4n) is 1.18. The maximum absolute atomic E-state index is 12.5. The van der Waals surface area contributed by atoms with Crippen LogP contribution in [0.2, 0.25) is 0 Å². The summed E-state index contributed by atoms with van der Waals surface area (Å²) in [6.07, 6.45) is -6.51. The van der Waals surface area contributed by atoms with Crippen molar-refractivity contribution < 1.29 is 31.9 Å². The maximum atomic E-state index is 12.5. The monoisotopic (exact) mass is 294 g/mol. The largest absolute Gasteiger partial charge is 0.480 e. The SMILES string of the molecule is CCC(SCCCCC(F)(F)C(F)(F)F)C(=O)O. The van der Waals surface area contributed by atoms with Crippen LogP contribution in [0, 0.1) is 0 Å². The molecule has 2 nitrogen and oxygen atoms in total. The van der Waals surface area contributed by atoms with E-state index in [0.717, 1.165) is 11.8 Å². The summed E-state index contributed by atoms with van der Waals surface area (Å²) in [6.45, 7) is 1.67. The molecule has 0 aliphatic rings. The predicted octanol–water partition coefficient (Wildman–Crippen LogP) is 3.95. The molecule has 108 valence electrons. The van der Waals surface area contributed by atoms with Gasteiger partial charge in [-0.2, -0.15) is 22.0 Å². The third-order valence-electron chi connectivity index (χ3n) is 2.27. The molecule has 0 fully saturated rings. The Labute approximate surface area is 106 Å². The lowest BCUT2D eigenvalue weighted by Gasteiger charge is -2.19. The minimum atomic E-state index is -5.51. The van der Waals surface area contributed by atoms with Crippen LogP contribution in [0.3, 0.4) is 0 Å². The Morgan fingerprint density at radius 3 is 2.17 bits per heavy atom. The Bertz CT molecular complexity index is 267. The van der Waals surface area contributed by atoms with Crippen LogP contribution in [0.5, 0.6) is 0 Å². The average molecular weight is 294 g/mol. The second-order valence-electron chi connectivity index (χ2n) is 3.77. The van der Waals surface area contributed by atoms with E-state index in [1.165, 1.54) is 0 Å². The number of hydrogen-bond acceptors (Lipinski definition) is 2. The molecule has 8 heteroatoms. The number of carbonyl (C=O) groups is 1. The number of unbranched alkanes of at least 4 members (excludes halogenated alkanes) is 1. The van der Waals surface area contributed by atoms with Crippen LogP contribution in [0.1, 0.15) is 32.6 Å². The number of thioether (sulfide) groups is 1. The number of rotatable bonds is 8. The van der Waals surface area contributed by atoms with E-state index in [2.05, 4.69) is 0 Å². The summed E-state index contributed by atoms with van der Waals surface area (Å²) < 4.78 is 60.4. The van der Waals surface area contributed by atoms with Gasteiger partial charge in [0.2, 0.25) is 0 Å². The number of hydrogen-bond donors (Lipinski definition) is 1. The topological polar surface area (TPSA) is 37.3 Å². The number of halogens is 5. The molecule has 0 radical (unpaired) electrons. The Kier molecular flexibility index (Phi) is 6.94. The molecule has 1 N–H and O–H groups in total. The van der Waals surface area contributed by atoms with Crippen molar-refractivity contribution in [2.24, 2.45) is 0 Å². The first-order valence-electron chi connectivity index (χ1n) is 5.40. The van der Waals surface area contributed by atoms with Crippen LogP contribution < -0.4 is 0 Å². The molecule has 0 aromatic rings. The van der Waals surface area contributed by atoms with Crippen molar-refractivity contribution >= 4 is 17.7 Å². The highest BCUT2D eigenvalue weighted by Crippen LogP contribution is 2.39. The van der Waals surface area contributed by atoms with Gasteiger partial charge in [0.05, 0.1) is 0 Å². The Morgan fingerprint density at radius 2 is 1.78 bits per heavy atom. The lowest BCUT2D eigenvalue weighted by atomic mass is 10.1. The van der Waals surface area contributed by atoms with Gasteiger partial charge in [-0.3, -0.25) is 4.79 Å². The zero-order valence-electron chi connectivity index (χ0n) is 9.77. The minimum Gasteiger partial charge on any atom is -0.480 e. The van der Waals surface area contributed by atoms with Crippen LogP contribution in [-0.2, 0) is 4.79 Å². The Hall–Kier alpha value is -0.530.